The summed E-state index contributed by atoms with van der Waals surface area (Å²) in [7, 11) is 0. The van der Waals surface area contributed by atoms with Crippen LogP contribution in [-0.4, -0.2) is 24.2 Å². The van der Waals surface area contributed by atoms with E-state index in [1.165, 1.54) is 11.8 Å². The number of ether oxygens (including phenoxy) is 1. The second-order valence-electron chi connectivity index (χ2n) is 5.55. The van der Waals surface area contributed by atoms with Crippen molar-refractivity contribution < 1.29 is 14.3 Å². The van der Waals surface area contributed by atoms with Gasteiger partial charge in [0.2, 0.25) is 5.91 Å². The molecule has 2 amide bonds. The van der Waals surface area contributed by atoms with Crippen LogP contribution in [0.25, 0.3) is 0 Å². The number of nitrogens with one attached hydrogen (secondary N) is 1. The molecule has 4 rings (SSSR count). The molecule has 2 aliphatic heterocycles. The number of amides is 2. The van der Waals surface area contributed by atoms with Crippen molar-refractivity contribution in [3.63, 3.8) is 0 Å². The van der Waals surface area contributed by atoms with Gasteiger partial charge in [-0.15, -0.1) is 11.8 Å². The van der Waals surface area contributed by atoms with Crippen molar-refractivity contribution in [1.29, 1.82) is 0 Å². The summed E-state index contributed by atoms with van der Waals surface area (Å²) in [5, 5.41) is 3.49. The zero-order chi connectivity index (χ0) is 16.7. The van der Waals surface area contributed by atoms with E-state index in [-0.39, 0.29) is 18.4 Å². The number of anilines is 2. The molecule has 0 saturated heterocycles. The van der Waals surface area contributed by atoms with E-state index < -0.39 is 0 Å². The van der Waals surface area contributed by atoms with E-state index in [9.17, 15) is 9.59 Å². The Balaban J connectivity index is 1.70. The number of halogens is 1. The van der Waals surface area contributed by atoms with E-state index in [1.54, 1.807) is 23.1 Å². The number of benzene rings is 2. The number of hydrogen-bond acceptors (Lipinski definition) is 4. The normalized spacial score (nSPS) is 16.1. The van der Waals surface area contributed by atoms with Crippen LogP contribution in [0.3, 0.4) is 0 Å². The van der Waals surface area contributed by atoms with Crippen LogP contribution in [0.1, 0.15) is 5.56 Å². The molecule has 0 radical (unpaired) electrons. The molecule has 2 aromatic carbocycles. The molecule has 122 valence electrons. The van der Waals surface area contributed by atoms with Crippen LogP contribution in [0, 0.1) is 0 Å². The Hall–Kier alpha value is -2.18. The van der Waals surface area contributed by atoms with Gasteiger partial charge in [0.1, 0.15) is 5.75 Å². The standard InChI is InChI=1S/C17H13ClN2O3S/c18-11-3-1-10(2-4-11)7-20-13-6-15-12(19-16(21)9-24-15)5-14(13)23-8-17(20)22/h1-6H,7-9H2,(H,19,21). The smallest absolute Gasteiger partial charge is 0.265 e. The van der Waals surface area contributed by atoms with Crippen molar-refractivity contribution in [3.05, 3.63) is 47.0 Å². The zero-order valence-corrected chi connectivity index (χ0v) is 14.1. The second kappa shape index (κ2) is 6.03. The lowest BCUT2D eigenvalue weighted by Crippen LogP contribution is -2.38. The van der Waals surface area contributed by atoms with Crippen molar-refractivity contribution in [3.8, 4) is 5.75 Å². The van der Waals surface area contributed by atoms with Gasteiger partial charge < -0.3 is 15.0 Å². The van der Waals surface area contributed by atoms with Gasteiger partial charge in [-0.3, -0.25) is 9.59 Å². The Kier molecular flexibility index (Phi) is 3.86. The molecule has 0 fully saturated rings. The maximum Gasteiger partial charge on any atom is 0.265 e. The highest BCUT2D eigenvalue weighted by molar-refractivity contribution is 8.00. The van der Waals surface area contributed by atoms with Crippen LogP contribution in [0.4, 0.5) is 11.4 Å². The Morgan fingerprint density at radius 1 is 1.21 bits per heavy atom. The van der Waals surface area contributed by atoms with Crippen molar-refractivity contribution in [1.82, 2.24) is 0 Å². The highest BCUT2D eigenvalue weighted by Gasteiger charge is 2.28. The van der Waals surface area contributed by atoms with Crippen molar-refractivity contribution >= 4 is 46.6 Å². The Labute approximate surface area is 147 Å². The molecule has 0 bridgehead atoms. The van der Waals surface area contributed by atoms with Gasteiger partial charge in [0, 0.05) is 16.0 Å². The fourth-order valence-corrected chi connectivity index (χ4v) is 3.67. The quantitative estimate of drug-likeness (QED) is 0.892. The third kappa shape index (κ3) is 2.83. The average molecular weight is 361 g/mol. The van der Waals surface area contributed by atoms with E-state index in [2.05, 4.69) is 5.32 Å². The zero-order valence-electron chi connectivity index (χ0n) is 12.5. The van der Waals surface area contributed by atoms with E-state index in [4.69, 9.17) is 16.3 Å². The van der Waals surface area contributed by atoms with Gasteiger partial charge in [-0.05, 0) is 23.8 Å². The third-order valence-corrected chi connectivity index (χ3v) is 5.20. The lowest BCUT2D eigenvalue weighted by atomic mass is 10.1. The molecule has 1 N–H and O–H groups in total. The van der Waals surface area contributed by atoms with Crippen LogP contribution >= 0.6 is 23.4 Å². The average Bonchev–Trinajstić information content (AvgIpc) is 2.58. The van der Waals surface area contributed by atoms with Crippen LogP contribution in [0.5, 0.6) is 5.75 Å². The van der Waals surface area contributed by atoms with Gasteiger partial charge in [0.25, 0.3) is 5.91 Å². The summed E-state index contributed by atoms with van der Waals surface area (Å²) < 4.78 is 5.55. The molecule has 0 unspecified atom stereocenters. The number of nitrogens with zero attached hydrogens (tertiary/aromatic N) is 1. The predicted octanol–water partition coefficient (Wildman–Crippen LogP) is 3.31. The molecule has 0 spiro atoms. The van der Waals surface area contributed by atoms with Gasteiger partial charge in [-0.1, -0.05) is 23.7 Å². The monoisotopic (exact) mass is 360 g/mol. The molecule has 5 nitrogen and oxygen atoms in total. The molecule has 2 aliphatic rings. The van der Waals surface area contributed by atoms with Gasteiger partial charge in [-0.2, -0.15) is 0 Å². The largest absolute Gasteiger partial charge is 0.481 e. The molecule has 2 aromatic rings. The maximum absolute atomic E-state index is 12.3. The fourth-order valence-electron chi connectivity index (χ4n) is 2.72. The fraction of sp³-hybridized carbons (Fsp3) is 0.176. The molecule has 0 atom stereocenters. The van der Waals surface area contributed by atoms with Crippen molar-refractivity contribution in [2.75, 3.05) is 22.6 Å². The van der Waals surface area contributed by atoms with Gasteiger partial charge >= 0.3 is 0 Å². The summed E-state index contributed by atoms with van der Waals surface area (Å²) in [5.41, 5.74) is 2.44. The first-order chi connectivity index (χ1) is 11.6. The van der Waals surface area contributed by atoms with Crippen LogP contribution in [0.2, 0.25) is 5.02 Å². The minimum atomic E-state index is -0.0951. The molecule has 0 aromatic heterocycles. The first-order valence-electron chi connectivity index (χ1n) is 7.38. The summed E-state index contributed by atoms with van der Waals surface area (Å²) in [6.45, 7) is 0.433. The minimum absolute atomic E-state index is 0.0134. The van der Waals surface area contributed by atoms with E-state index in [0.29, 0.717) is 23.1 Å². The SMILES string of the molecule is O=C1CSc2cc3c(cc2N1)OCC(=O)N3Cc1ccc(Cl)cc1. The predicted molar refractivity (Wildman–Crippen MR) is 93.9 cm³/mol. The van der Waals surface area contributed by atoms with Gasteiger partial charge in [-0.25, -0.2) is 0 Å². The summed E-state index contributed by atoms with van der Waals surface area (Å²) in [6.07, 6.45) is 0. The van der Waals surface area contributed by atoms with Gasteiger partial charge in [0.15, 0.2) is 6.61 Å². The van der Waals surface area contributed by atoms with Gasteiger partial charge in [0.05, 0.1) is 23.7 Å². The molecule has 7 heteroatoms. The lowest BCUT2D eigenvalue weighted by molar-refractivity contribution is -0.121. The number of thioether (sulfide) groups is 1. The first kappa shape index (κ1) is 15.4. The molecular weight excluding hydrogens is 348 g/mol. The van der Waals surface area contributed by atoms with Crippen molar-refractivity contribution in [2.45, 2.75) is 11.4 Å². The first-order valence-corrected chi connectivity index (χ1v) is 8.75. The summed E-state index contributed by atoms with van der Waals surface area (Å²) >= 11 is 7.38. The summed E-state index contributed by atoms with van der Waals surface area (Å²) in [5.74, 6) is 0.849. The Morgan fingerprint density at radius 3 is 2.79 bits per heavy atom. The number of carbonyl (C=O) groups is 2. The summed E-state index contributed by atoms with van der Waals surface area (Å²) in [4.78, 5) is 26.5. The second-order valence-corrected chi connectivity index (χ2v) is 7.00. The van der Waals surface area contributed by atoms with Crippen LogP contribution < -0.4 is 15.0 Å². The molecule has 24 heavy (non-hydrogen) atoms. The highest BCUT2D eigenvalue weighted by atomic mass is 35.5. The van der Waals surface area contributed by atoms with E-state index in [0.717, 1.165) is 21.8 Å². The van der Waals surface area contributed by atoms with E-state index in [1.807, 2.05) is 18.2 Å². The Morgan fingerprint density at radius 2 is 2.00 bits per heavy atom. The molecular formula is C17H13ClN2O3S. The highest BCUT2D eigenvalue weighted by Crippen LogP contribution is 2.42. The van der Waals surface area contributed by atoms with Crippen LogP contribution in [0.15, 0.2) is 41.3 Å². The number of carbonyl (C=O) groups excluding carboxylic acids is 2. The topological polar surface area (TPSA) is 58.6 Å². The minimum Gasteiger partial charge on any atom is -0.481 e. The number of hydrogen-bond donors (Lipinski definition) is 1. The maximum atomic E-state index is 12.3. The summed E-state index contributed by atoms with van der Waals surface area (Å²) in [6, 6.07) is 11.1. The van der Waals surface area contributed by atoms with Crippen molar-refractivity contribution in [2.24, 2.45) is 0 Å². The Bertz CT molecular complexity index is 838. The number of fused-ring (bicyclic) bond motifs is 2. The lowest BCUT2D eigenvalue weighted by Gasteiger charge is -2.31. The third-order valence-electron chi connectivity index (χ3n) is 3.89. The van der Waals surface area contributed by atoms with E-state index >= 15 is 0 Å². The number of rotatable bonds is 2. The molecule has 2 heterocycles. The van der Waals surface area contributed by atoms with Crippen LogP contribution in [-0.2, 0) is 16.1 Å². The molecule has 0 aliphatic carbocycles. The molecule has 0 saturated carbocycles.